The molecule has 1 heterocycles. The first-order chi connectivity index (χ1) is 8.61. The van der Waals surface area contributed by atoms with Crippen LogP contribution in [-0.4, -0.2) is 35.9 Å². The number of aromatic nitrogens is 1. The van der Waals surface area contributed by atoms with E-state index in [1.54, 1.807) is 19.9 Å². The third-order valence-electron chi connectivity index (χ3n) is 2.17. The number of rotatable bonds is 6. The minimum Gasteiger partial charge on any atom is -0.465 e. The van der Waals surface area contributed by atoms with Crippen LogP contribution in [0, 0.1) is 5.92 Å². The number of hydrogen-bond donors (Lipinski definition) is 1. The van der Waals surface area contributed by atoms with Gasteiger partial charge in [-0.2, -0.15) is 0 Å². The van der Waals surface area contributed by atoms with E-state index in [4.69, 9.17) is 9.47 Å². The molecule has 0 atom stereocenters. The fourth-order valence-corrected chi connectivity index (χ4v) is 1.40. The Balaban J connectivity index is 2.93. The van der Waals surface area contributed by atoms with Crippen molar-refractivity contribution < 1.29 is 23.9 Å². The summed E-state index contributed by atoms with van der Waals surface area (Å²) in [5.41, 5.74) is 0.168. The third-order valence-corrected chi connectivity index (χ3v) is 2.17. The van der Waals surface area contributed by atoms with Crippen LogP contribution in [0.15, 0.2) is 18.3 Å². The van der Waals surface area contributed by atoms with Gasteiger partial charge in [-0.3, -0.25) is 14.4 Å². The molecule has 1 N–H and O–H groups in total. The molecular formula is C12H15NO5. The molecule has 1 aromatic heterocycles. The summed E-state index contributed by atoms with van der Waals surface area (Å²) >= 11 is 0. The van der Waals surface area contributed by atoms with Crippen LogP contribution in [-0.2, 0) is 19.1 Å². The van der Waals surface area contributed by atoms with Gasteiger partial charge in [-0.05, 0) is 26.0 Å². The van der Waals surface area contributed by atoms with Crippen molar-refractivity contribution in [1.82, 2.24) is 4.98 Å². The van der Waals surface area contributed by atoms with E-state index in [2.05, 4.69) is 4.98 Å². The van der Waals surface area contributed by atoms with Crippen LogP contribution < -0.4 is 0 Å². The van der Waals surface area contributed by atoms with Gasteiger partial charge in [0.25, 0.3) is 0 Å². The van der Waals surface area contributed by atoms with Gasteiger partial charge >= 0.3 is 11.9 Å². The minimum atomic E-state index is -1.57. The van der Waals surface area contributed by atoms with E-state index in [-0.39, 0.29) is 18.9 Å². The molecule has 0 fully saturated rings. The van der Waals surface area contributed by atoms with Gasteiger partial charge in [0.1, 0.15) is 0 Å². The zero-order valence-electron chi connectivity index (χ0n) is 10.3. The van der Waals surface area contributed by atoms with Crippen LogP contribution in [0.4, 0.5) is 0 Å². The lowest BCUT2D eigenvalue weighted by molar-refractivity contribution is -0.158. The Morgan fingerprint density at radius 3 is 2.11 bits per heavy atom. The zero-order valence-corrected chi connectivity index (χ0v) is 10.3. The van der Waals surface area contributed by atoms with Crippen molar-refractivity contribution in [2.24, 2.45) is 5.92 Å². The predicted octanol–water partition coefficient (Wildman–Crippen LogP) is 0.940. The Morgan fingerprint density at radius 1 is 1.17 bits per heavy atom. The monoisotopic (exact) mass is 253 g/mol. The highest BCUT2D eigenvalue weighted by atomic mass is 16.6. The summed E-state index contributed by atoms with van der Waals surface area (Å²) in [5, 5.41) is 0. The number of hydrogen-bond acceptors (Lipinski definition) is 5. The number of carbonyl (C=O) groups is 3. The number of ketones is 1. The summed E-state index contributed by atoms with van der Waals surface area (Å²) in [6.07, 6.45) is 1.53. The van der Waals surface area contributed by atoms with E-state index in [0.29, 0.717) is 0 Å². The van der Waals surface area contributed by atoms with Crippen LogP contribution in [0.25, 0.3) is 0 Å². The molecule has 1 rings (SSSR count). The Morgan fingerprint density at radius 2 is 1.72 bits per heavy atom. The second-order valence-electron chi connectivity index (χ2n) is 3.39. The lowest BCUT2D eigenvalue weighted by atomic mass is 10.0. The molecule has 0 saturated heterocycles. The van der Waals surface area contributed by atoms with Gasteiger partial charge in [-0.1, -0.05) is 0 Å². The number of H-pyrrole nitrogens is 1. The Hall–Kier alpha value is -2.11. The number of nitrogens with one attached hydrogen (secondary N) is 1. The molecule has 18 heavy (non-hydrogen) atoms. The highest BCUT2D eigenvalue weighted by molar-refractivity contribution is 6.20. The van der Waals surface area contributed by atoms with Crippen LogP contribution in [0.1, 0.15) is 24.3 Å². The van der Waals surface area contributed by atoms with Gasteiger partial charge < -0.3 is 14.5 Å². The molecule has 0 aliphatic heterocycles. The van der Waals surface area contributed by atoms with E-state index in [0.717, 1.165) is 0 Å². The summed E-state index contributed by atoms with van der Waals surface area (Å²) in [4.78, 5) is 37.9. The molecule has 1 aromatic rings. The molecular weight excluding hydrogens is 238 g/mol. The molecule has 0 radical (unpaired) electrons. The highest BCUT2D eigenvalue weighted by Gasteiger charge is 2.37. The largest absolute Gasteiger partial charge is 0.465 e. The summed E-state index contributed by atoms with van der Waals surface area (Å²) in [6, 6.07) is 3.08. The lowest BCUT2D eigenvalue weighted by Crippen LogP contribution is -2.35. The molecule has 0 bridgehead atoms. The second-order valence-corrected chi connectivity index (χ2v) is 3.39. The fraction of sp³-hybridized carbons (Fsp3) is 0.417. The maximum atomic E-state index is 12.0. The van der Waals surface area contributed by atoms with Gasteiger partial charge in [0, 0.05) is 6.20 Å². The third kappa shape index (κ3) is 3.19. The van der Waals surface area contributed by atoms with Gasteiger partial charge in [-0.15, -0.1) is 0 Å². The standard InChI is InChI=1S/C12H15NO5/c1-3-17-11(15)9(12(16)18-4-2)10(14)8-6-5-7-13-8/h5-7,9,13H,3-4H2,1-2H3. The molecule has 0 unspecified atom stereocenters. The number of Topliss-reactive ketones (excluding diaryl/α,β-unsaturated/α-hetero) is 1. The number of aromatic amines is 1. The van der Waals surface area contributed by atoms with Crippen LogP contribution in [0.5, 0.6) is 0 Å². The smallest absolute Gasteiger partial charge is 0.328 e. The molecule has 6 nitrogen and oxygen atoms in total. The summed E-state index contributed by atoms with van der Waals surface area (Å²) in [6.45, 7) is 3.37. The van der Waals surface area contributed by atoms with Gasteiger partial charge in [0.2, 0.25) is 11.7 Å². The number of ether oxygens (including phenoxy) is 2. The first-order valence-electron chi connectivity index (χ1n) is 5.62. The average Bonchev–Trinajstić information content (AvgIpc) is 2.83. The molecule has 0 saturated carbocycles. The number of esters is 2. The lowest BCUT2D eigenvalue weighted by Gasteiger charge is -2.12. The van der Waals surface area contributed by atoms with E-state index in [1.807, 2.05) is 0 Å². The quantitative estimate of drug-likeness (QED) is 0.463. The van der Waals surface area contributed by atoms with E-state index < -0.39 is 23.6 Å². The first kappa shape index (κ1) is 14.0. The average molecular weight is 253 g/mol. The molecule has 0 aliphatic rings. The Labute approximate surface area is 104 Å². The normalized spacial score (nSPS) is 10.2. The summed E-state index contributed by atoms with van der Waals surface area (Å²) in [7, 11) is 0. The van der Waals surface area contributed by atoms with E-state index >= 15 is 0 Å². The molecule has 0 aromatic carbocycles. The molecule has 0 aliphatic carbocycles. The van der Waals surface area contributed by atoms with Crippen LogP contribution >= 0.6 is 0 Å². The Bertz CT molecular complexity index is 406. The van der Waals surface area contributed by atoms with Crippen molar-refractivity contribution in [3.05, 3.63) is 24.0 Å². The van der Waals surface area contributed by atoms with Crippen molar-refractivity contribution in [3.8, 4) is 0 Å². The van der Waals surface area contributed by atoms with Crippen molar-refractivity contribution in [2.75, 3.05) is 13.2 Å². The zero-order chi connectivity index (χ0) is 13.5. The number of carbonyl (C=O) groups excluding carboxylic acids is 3. The molecule has 98 valence electrons. The molecule has 0 amide bonds. The van der Waals surface area contributed by atoms with Crippen LogP contribution in [0.3, 0.4) is 0 Å². The van der Waals surface area contributed by atoms with Crippen molar-refractivity contribution >= 4 is 17.7 Å². The van der Waals surface area contributed by atoms with E-state index in [9.17, 15) is 14.4 Å². The second kappa shape index (κ2) is 6.58. The van der Waals surface area contributed by atoms with Crippen molar-refractivity contribution in [1.29, 1.82) is 0 Å². The van der Waals surface area contributed by atoms with Crippen molar-refractivity contribution in [2.45, 2.75) is 13.8 Å². The summed E-state index contributed by atoms with van der Waals surface area (Å²) < 4.78 is 9.43. The first-order valence-corrected chi connectivity index (χ1v) is 5.62. The maximum absolute atomic E-state index is 12.0. The van der Waals surface area contributed by atoms with Crippen molar-refractivity contribution in [3.63, 3.8) is 0 Å². The van der Waals surface area contributed by atoms with Gasteiger partial charge in [-0.25, -0.2) is 0 Å². The fourth-order valence-electron chi connectivity index (χ4n) is 1.40. The molecule has 6 heteroatoms. The molecule has 0 spiro atoms. The SMILES string of the molecule is CCOC(=O)C(C(=O)OCC)C(=O)c1ccc[nH]1. The topological polar surface area (TPSA) is 85.5 Å². The predicted molar refractivity (Wildman–Crippen MR) is 61.9 cm³/mol. The highest BCUT2D eigenvalue weighted by Crippen LogP contribution is 2.11. The van der Waals surface area contributed by atoms with Gasteiger partial charge in [0.15, 0.2) is 0 Å². The Kier molecular flexibility index (Phi) is 5.10. The maximum Gasteiger partial charge on any atom is 0.328 e. The summed E-state index contributed by atoms with van der Waals surface area (Å²) in [5.74, 6) is -4.01. The van der Waals surface area contributed by atoms with E-state index in [1.165, 1.54) is 12.3 Å². The van der Waals surface area contributed by atoms with Crippen LogP contribution in [0.2, 0.25) is 0 Å². The minimum absolute atomic E-state index is 0.0900. The van der Waals surface area contributed by atoms with Gasteiger partial charge in [0.05, 0.1) is 18.9 Å².